The van der Waals surface area contributed by atoms with Crippen molar-refractivity contribution >= 4 is 11.8 Å². The van der Waals surface area contributed by atoms with E-state index in [1.54, 1.807) is 0 Å². The van der Waals surface area contributed by atoms with Crippen molar-refractivity contribution in [1.82, 2.24) is 9.97 Å². The summed E-state index contributed by atoms with van der Waals surface area (Å²) in [5.41, 5.74) is 0.949. The van der Waals surface area contributed by atoms with Gasteiger partial charge < -0.3 is 10.4 Å². The number of hydrogen-bond donors (Lipinski definition) is 2. The van der Waals surface area contributed by atoms with E-state index in [0.29, 0.717) is 11.7 Å². The fourth-order valence-electron chi connectivity index (χ4n) is 1.60. The molecule has 0 spiro atoms. The second kappa shape index (κ2) is 6.33. The van der Waals surface area contributed by atoms with Gasteiger partial charge in [0.15, 0.2) is 0 Å². The van der Waals surface area contributed by atoms with Crippen LogP contribution in [0.3, 0.4) is 0 Å². The van der Waals surface area contributed by atoms with Gasteiger partial charge in [0, 0.05) is 17.8 Å². The summed E-state index contributed by atoms with van der Waals surface area (Å²) in [7, 11) is 0. The number of rotatable bonds is 6. The third-order valence-corrected chi connectivity index (χ3v) is 2.81. The van der Waals surface area contributed by atoms with E-state index in [4.69, 9.17) is 5.11 Å². The largest absolute Gasteiger partial charge is 0.481 e. The van der Waals surface area contributed by atoms with Gasteiger partial charge in [-0.05, 0) is 11.8 Å². The average Bonchev–Trinajstić information content (AvgIpc) is 2.27. The maximum absolute atomic E-state index is 10.8. The SMILES string of the molecule is CC(C)c1cc(NC(CC(=O)O)C(C)C)ncn1. The van der Waals surface area contributed by atoms with Crippen LogP contribution in [-0.4, -0.2) is 27.1 Å². The lowest BCUT2D eigenvalue weighted by Crippen LogP contribution is -2.29. The normalized spacial score (nSPS) is 12.8. The maximum atomic E-state index is 10.8. The molecule has 0 saturated heterocycles. The molecule has 0 aliphatic carbocycles. The molecule has 1 atom stereocenters. The molecular weight excluding hydrogens is 230 g/mol. The van der Waals surface area contributed by atoms with E-state index in [-0.39, 0.29) is 18.4 Å². The Hall–Kier alpha value is -1.65. The fourth-order valence-corrected chi connectivity index (χ4v) is 1.60. The van der Waals surface area contributed by atoms with Gasteiger partial charge in [-0.3, -0.25) is 4.79 Å². The van der Waals surface area contributed by atoms with Crippen LogP contribution in [0.1, 0.15) is 45.7 Å². The number of aromatic nitrogens is 2. The zero-order valence-electron chi connectivity index (χ0n) is 11.3. The van der Waals surface area contributed by atoms with Crippen LogP contribution in [0, 0.1) is 5.92 Å². The molecule has 2 N–H and O–H groups in total. The summed E-state index contributed by atoms with van der Waals surface area (Å²) in [5, 5.41) is 12.1. The molecule has 0 aliphatic rings. The highest BCUT2D eigenvalue weighted by atomic mass is 16.4. The number of anilines is 1. The first kappa shape index (κ1) is 14.4. The molecule has 0 saturated carbocycles. The Morgan fingerprint density at radius 2 is 2.00 bits per heavy atom. The Bertz CT molecular complexity index is 405. The molecule has 5 nitrogen and oxygen atoms in total. The van der Waals surface area contributed by atoms with E-state index < -0.39 is 5.97 Å². The zero-order chi connectivity index (χ0) is 13.7. The van der Waals surface area contributed by atoms with Crippen LogP contribution in [0.25, 0.3) is 0 Å². The lowest BCUT2D eigenvalue weighted by Gasteiger charge is -2.21. The van der Waals surface area contributed by atoms with E-state index in [1.165, 1.54) is 6.33 Å². The first-order valence-corrected chi connectivity index (χ1v) is 6.20. The summed E-state index contributed by atoms with van der Waals surface area (Å²) in [6.07, 6.45) is 1.59. The molecule has 0 bridgehead atoms. The Morgan fingerprint density at radius 3 is 2.50 bits per heavy atom. The van der Waals surface area contributed by atoms with E-state index >= 15 is 0 Å². The Morgan fingerprint density at radius 1 is 1.33 bits per heavy atom. The molecule has 100 valence electrons. The van der Waals surface area contributed by atoms with Crippen molar-refractivity contribution in [1.29, 1.82) is 0 Å². The van der Waals surface area contributed by atoms with Crippen LogP contribution < -0.4 is 5.32 Å². The van der Waals surface area contributed by atoms with Crippen LogP contribution >= 0.6 is 0 Å². The van der Waals surface area contributed by atoms with E-state index in [0.717, 1.165) is 5.69 Å². The van der Waals surface area contributed by atoms with Crippen LogP contribution in [-0.2, 0) is 4.79 Å². The van der Waals surface area contributed by atoms with Crippen LogP contribution in [0.4, 0.5) is 5.82 Å². The van der Waals surface area contributed by atoms with Crippen molar-refractivity contribution in [2.24, 2.45) is 5.92 Å². The summed E-state index contributed by atoms with van der Waals surface area (Å²) in [6, 6.07) is 1.75. The molecule has 1 rings (SSSR count). The Kier molecular flexibility index (Phi) is 5.07. The van der Waals surface area contributed by atoms with Gasteiger partial charge in [-0.2, -0.15) is 0 Å². The Labute approximate surface area is 108 Å². The molecule has 0 radical (unpaired) electrons. The van der Waals surface area contributed by atoms with E-state index in [1.807, 2.05) is 19.9 Å². The average molecular weight is 251 g/mol. The van der Waals surface area contributed by atoms with Crippen molar-refractivity contribution in [3.05, 3.63) is 18.1 Å². The maximum Gasteiger partial charge on any atom is 0.305 e. The van der Waals surface area contributed by atoms with Crippen LogP contribution in [0.2, 0.25) is 0 Å². The minimum Gasteiger partial charge on any atom is -0.481 e. The van der Waals surface area contributed by atoms with Gasteiger partial charge in [-0.25, -0.2) is 9.97 Å². The smallest absolute Gasteiger partial charge is 0.305 e. The summed E-state index contributed by atoms with van der Waals surface area (Å²) in [6.45, 7) is 8.10. The topological polar surface area (TPSA) is 75.1 Å². The molecule has 1 unspecified atom stereocenters. The van der Waals surface area contributed by atoms with Gasteiger partial charge in [0.2, 0.25) is 0 Å². The zero-order valence-corrected chi connectivity index (χ0v) is 11.3. The number of hydrogen-bond acceptors (Lipinski definition) is 4. The minimum atomic E-state index is -0.806. The molecule has 1 heterocycles. The third kappa shape index (κ3) is 4.31. The van der Waals surface area contributed by atoms with Gasteiger partial charge >= 0.3 is 5.97 Å². The predicted molar refractivity (Wildman–Crippen MR) is 70.6 cm³/mol. The van der Waals surface area contributed by atoms with Gasteiger partial charge in [0.25, 0.3) is 0 Å². The number of nitrogens with one attached hydrogen (secondary N) is 1. The standard InChI is InChI=1S/C13H21N3O2/c1-8(2)10-5-12(15-7-14-10)16-11(9(3)4)6-13(17)18/h5,7-9,11H,6H2,1-4H3,(H,17,18)(H,14,15,16). The minimum absolute atomic E-state index is 0.0820. The lowest BCUT2D eigenvalue weighted by atomic mass is 10.0. The molecular formula is C13H21N3O2. The summed E-state index contributed by atoms with van der Waals surface area (Å²) < 4.78 is 0. The predicted octanol–water partition coefficient (Wildman–Crippen LogP) is 2.51. The number of carboxylic acid groups (broad SMARTS) is 1. The van der Waals surface area contributed by atoms with Crippen LogP contribution in [0.15, 0.2) is 12.4 Å². The van der Waals surface area contributed by atoms with Gasteiger partial charge in [0.05, 0.1) is 6.42 Å². The van der Waals surface area contributed by atoms with Crippen molar-refractivity contribution in [3.63, 3.8) is 0 Å². The Balaban J connectivity index is 2.80. The molecule has 1 aromatic rings. The number of carbonyl (C=O) groups is 1. The summed E-state index contributed by atoms with van der Waals surface area (Å²) in [5.74, 6) is 0.428. The molecule has 5 heteroatoms. The quantitative estimate of drug-likeness (QED) is 0.812. The summed E-state index contributed by atoms with van der Waals surface area (Å²) in [4.78, 5) is 19.1. The van der Waals surface area contributed by atoms with E-state index in [2.05, 4.69) is 29.1 Å². The second-order valence-electron chi connectivity index (χ2n) is 5.08. The number of aliphatic carboxylic acids is 1. The summed E-state index contributed by atoms with van der Waals surface area (Å²) >= 11 is 0. The monoisotopic (exact) mass is 251 g/mol. The molecule has 0 amide bonds. The first-order valence-electron chi connectivity index (χ1n) is 6.20. The highest BCUT2D eigenvalue weighted by Gasteiger charge is 2.17. The molecule has 1 aromatic heterocycles. The molecule has 0 aliphatic heterocycles. The highest BCUT2D eigenvalue weighted by Crippen LogP contribution is 2.17. The number of nitrogens with zero attached hydrogens (tertiary/aromatic N) is 2. The molecule has 0 fully saturated rings. The molecule has 0 aromatic carbocycles. The third-order valence-electron chi connectivity index (χ3n) is 2.81. The van der Waals surface area contributed by atoms with Crippen LogP contribution in [0.5, 0.6) is 0 Å². The van der Waals surface area contributed by atoms with Gasteiger partial charge in [-0.1, -0.05) is 27.7 Å². The van der Waals surface area contributed by atoms with Gasteiger partial charge in [0.1, 0.15) is 12.1 Å². The second-order valence-corrected chi connectivity index (χ2v) is 5.08. The lowest BCUT2D eigenvalue weighted by molar-refractivity contribution is -0.137. The van der Waals surface area contributed by atoms with Gasteiger partial charge in [-0.15, -0.1) is 0 Å². The first-order chi connectivity index (χ1) is 8.40. The number of carboxylic acids is 1. The van der Waals surface area contributed by atoms with Crippen molar-refractivity contribution in [3.8, 4) is 0 Å². The molecule has 18 heavy (non-hydrogen) atoms. The van der Waals surface area contributed by atoms with Crippen molar-refractivity contribution in [2.45, 2.75) is 46.1 Å². The van der Waals surface area contributed by atoms with E-state index in [9.17, 15) is 4.79 Å². The van der Waals surface area contributed by atoms with Crippen molar-refractivity contribution in [2.75, 3.05) is 5.32 Å². The fraction of sp³-hybridized carbons (Fsp3) is 0.615. The van der Waals surface area contributed by atoms with Crippen molar-refractivity contribution < 1.29 is 9.90 Å². The highest BCUT2D eigenvalue weighted by molar-refractivity contribution is 5.68.